The van der Waals surface area contributed by atoms with Gasteiger partial charge in [0.1, 0.15) is 6.26 Å². The average molecular weight is 310 g/mol. The van der Waals surface area contributed by atoms with Crippen LogP contribution in [-0.2, 0) is 11.3 Å². The predicted molar refractivity (Wildman–Crippen MR) is 71.0 cm³/mol. The summed E-state index contributed by atoms with van der Waals surface area (Å²) in [4.78, 5) is 11.7. The molecule has 1 aromatic carbocycles. The maximum absolute atomic E-state index is 11.7. The number of carbonyl (C=O) groups excluding carboxylic acids is 1. The van der Waals surface area contributed by atoms with E-state index in [2.05, 4.69) is 36.2 Å². The maximum Gasteiger partial charge on any atom is 0.238 e. The van der Waals surface area contributed by atoms with Crippen molar-refractivity contribution in [3.05, 3.63) is 46.8 Å². The molecule has 0 aliphatic rings. The minimum Gasteiger partial charge on any atom is -0.364 e. The second-order valence-corrected chi connectivity index (χ2v) is 4.48. The minimum absolute atomic E-state index is 0.106. The number of anilines is 1. The number of hydrogen-bond acceptors (Lipinski definition) is 4. The zero-order valence-electron chi connectivity index (χ0n) is 9.52. The molecular weight excluding hydrogens is 298 g/mol. The summed E-state index contributed by atoms with van der Waals surface area (Å²) in [5.41, 5.74) is 1.52. The fourth-order valence-electron chi connectivity index (χ4n) is 1.39. The van der Waals surface area contributed by atoms with E-state index in [1.54, 1.807) is 6.07 Å². The lowest BCUT2D eigenvalue weighted by atomic mass is 10.3. The van der Waals surface area contributed by atoms with E-state index in [1.807, 2.05) is 24.3 Å². The highest BCUT2D eigenvalue weighted by Gasteiger charge is 2.04. The number of aromatic nitrogens is 1. The fourth-order valence-corrected chi connectivity index (χ4v) is 1.77. The number of halogens is 1. The predicted octanol–water partition coefficient (Wildman–Crippen LogP) is 2.17. The second-order valence-electron chi connectivity index (χ2n) is 3.62. The van der Waals surface area contributed by atoms with Crippen LogP contribution in [0.25, 0.3) is 0 Å². The van der Waals surface area contributed by atoms with Crippen molar-refractivity contribution in [3.8, 4) is 0 Å². The van der Waals surface area contributed by atoms with Crippen LogP contribution in [0.3, 0.4) is 0 Å². The lowest BCUT2D eigenvalue weighted by molar-refractivity contribution is -0.115. The Morgan fingerprint density at radius 2 is 2.17 bits per heavy atom. The van der Waals surface area contributed by atoms with E-state index in [0.717, 1.165) is 15.9 Å². The van der Waals surface area contributed by atoms with Crippen LogP contribution in [0.15, 0.2) is 45.6 Å². The van der Waals surface area contributed by atoms with E-state index in [1.165, 1.54) is 6.26 Å². The van der Waals surface area contributed by atoms with E-state index in [4.69, 9.17) is 0 Å². The first-order chi connectivity index (χ1) is 8.75. The molecule has 0 spiro atoms. The van der Waals surface area contributed by atoms with Crippen LogP contribution in [0.1, 0.15) is 5.69 Å². The largest absolute Gasteiger partial charge is 0.364 e. The summed E-state index contributed by atoms with van der Waals surface area (Å²) in [6.07, 6.45) is 1.50. The number of nitrogens with one attached hydrogen (secondary N) is 2. The lowest BCUT2D eigenvalue weighted by Crippen LogP contribution is -2.27. The molecule has 0 saturated carbocycles. The van der Waals surface area contributed by atoms with Gasteiger partial charge in [0.2, 0.25) is 5.91 Å². The van der Waals surface area contributed by atoms with Gasteiger partial charge in [0.25, 0.3) is 0 Å². The lowest BCUT2D eigenvalue weighted by Gasteiger charge is -2.07. The first kappa shape index (κ1) is 12.8. The van der Waals surface area contributed by atoms with Gasteiger partial charge in [0, 0.05) is 17.1 Å². The molecule has 0 unspecified atom stereocenters. The SMILES string of the molecule is O=C(CNCc1ccon1)Nc1ccccc1Br. The Morgan fingerprint density at radius 1 is 1.33 bits per heavy atom. The van der Waals surface area contributed by atoms with Crippen LogP contribution in [0.2, 0.25) is 0 Å². The number of carbonyl (C=O) groups is 1. The highest BCUT2D eigenvalue weighted by Crippen LogP contribution is 2.20. The number of amides is 1. The minimum atomic E-state index is -0.106. The number of rotatable bonds is 5. The van der Waals surface area contributed by atoms with Crippen molar-refractivity contribution in [1.29, 1.82) is 0 Å². The van der Waals surface area contributed by atoms with Crippen LogP contribution < -0.4 is 10.6 Å². The van der Waals surface area contributed by atoms with Crippen molar-refractivity contribution < 1.29 is 9.32 Å². The van der Waals surface area contributed by atoms with Crippen molar-refractivity contribution in [2.75, 3.05) is 11.9 Å². The molecule has 0 radical (unpaired) electrons. The molecule has 0 bridgehead atoms. The van der Waals surface area contributed by atoms with E-state index >= 15 is 0 Å². The Bertz CT molecular complexity index is 514. The second kappa shape index (κ2) is 6.32. The average Bonchev–Trinajstić information content (AvgIpc) is 2.85. The van der Waals surface area contributed by atoms with Gasteiger partial charge in [0.15, 0.2) is 0 Å². The molecule has 18 heavy (non-hydrogen) atoms. The Labute approximate surface area is 113 Å². The van der Waals surface area contributed by atoms with Gasteiger partial charge < -0.3 is 15.2 Å². The summed E-state index contributed by atoms with van der Waals surface area (Å²) >= 11 is 3.37. The molecule has 0 fully saturated rings. The molecule has 1 amide bonds. The summed E-state index contributed by atoms with van der Waals surface area (Å²) in [7, 11) is 0. The molecular formula is C12H12BrN3O2. The summed E-state index contributed by atoms with van der Waals surface area (Å²) in [6.45, 7) is 0.716. The Balaban J connectivity index is 1.77. The van der Waals surface area contributed by atoms with Gasteiger partial charge in [-0.15, -0.1) is 0 Å². The number of para-hydroxylation sites is 1. The standard InChI is InChI=1S/C12H12BrN3O2/c13-10-3-1-2-4-11(10)15-12(17)8-14-7-9-5-6-18-16-9/h1-6,14H,7-8H2,(H,15,17). The number of nitrogens with zero attached hydrogens (tertiary/aromatic N) is 1. The van der Waals surface area contributed by atoms with Crippen molar-refractivity contribution in [2.45, 2.75) is 6.54 Å². The topological polar surface area (TPSA) is 67.2 Å². The first-order valence-corrected chi connectivity index (χ1v) is 6.19. The molecule has 0 saturated heterocycles. The van der Waals surface area contributed by atoms with Gasteiger partial charge in [-0.05, 0) is 28.1 Å². The van der Waals surface area contributed by atoms with E-state index in [-0.39, 0.29) is 12.5 Å². The van der Waals surface area contributed by atoms with Crippen molar-refractivity contribution in [3.63, 3.8) is 0 Å². The van der Waals surface area contributed by atoms with Gasteiger partial charge in [-0.25, -0.2) is 0 Å². The zero-order valence-corrected chi connectivity index (χ0v) is 11.1. The normalized spacial score (nSPS) is 10.3. The van der Waals surface area contributed by atoms with Crippen molar-refractivity contribution in [1.82, 2.24) is 10.5 Å². The van der Waals surface area contributed by atoms with Crippen LogP contribution in [0.4, 0.5) is 5.69 Å². The summed E-state index contributed by atoms with van der Waals surface area (Å²) in [5.74, 6) is -0.106. The van der Waals surface area contributed by atoms with Crippen LogP contribution in [0, 0.1) is 0 Å². The highest BCUT2D eigenvalue weighted by atomic mass is 79.9. The van der Waals surface area contributed by atoms with Gasteiger partial charge in [-0.2, -0.15) is 0 Å². The maximum atomic E-state index is 11.7. The monoisotopic (exact) mass is 309 g/mol. The summed E-state index contributed by atoms with van der Waals surface area (Å²) < 4.78 is 5.54. The third-order valence-electron chi connectivity index (χ3n) is 2.23. The molecule has 5 nitrogen and oxygen atoms in total. The van der Waals surface area contributed by atoms with Gasteiger partial charge in [-0.3, -0.25) is 4.79 Å². The summed E-state index contributed by atoms with van der Waals surface area (Å²) in [6, 6.07) is 9.21. The van der Waals surface area contributed by atoms with Crippen LogP contribution >= 0.6 is 15.9 Å². The zero-order chi connectivity index (χ0) is 12.8. The Morgan fingerprint density at radius 3 is 2.89 bits per heavy atom. The number of hydrogen-bond donors (Lipinski definition) is 2. The van der Waals surface area contributed by atoms with E-state index in [0.29, 0.717) is 6.54 Å². The van der Waals surface area contributed by atoms with Gasteiger partial charge in [0.05, 0.1) is 17.9 Å². The molecule has 0 aliphatic carbocycles. The molecule has 0 aliphatic heterocycles. The molecule has 2 rings (SSSR count). The molecule has 0 atom stereocenters. The van der Waals surface area contributed by atoms with Gasteiger partial charge in [-0.1, -0.05) is 17.3 Å². The fraction of sp³-hybridized carbons (Fsp3) is 0.167. The molecule has 2 N–H and O–H groups in total. The van der Waals surface area contributed by atoms with Crippen molar-refractivity contribution >= 4 is 27.5 Å². The molecule has 1 heterocycles. The summed E-state index contributed by atoms with van der Waals surface area (Å²) in [5, 5.41) is 9.51. The Kier molecular flexibility index (Phi) is 4.49. The third-order valence-corrected chi connectivity index (χ3v) is 2.92. The van der Waals surface area contributed by atoms with Crippen LogP contribution in [0.5, 0.6) is 0 Å². The molecule has 94 valence electrons. The molecule has 6 heteroatoms. The molecule has 2 aromatic rings. The van der Waals surface area contributed by atoms with Crippen LogP contribution in [-0.4, -0.2) is 17.6 Å². The third kappa shape index (κ3) is 3.68. The van der Waals surface area contributed by atoms with E-state index in [9.17, 15) is 4.79 Å². The van der Waals surface area contributed by atoms with Gasteiger partial charge >= 0.3 is 0 Å². The Hall–Kier alpha value is -1.66. The van der Waals surface area contributed by atoms with Crippen molar-refractivity contribution in [2.24, 2.45) is 0 Å². The smallest absolute Gasteiger partial charge is 0.238 e. The molecule has 1 aromatic heterocycles. The first-order valence-electron chi connectivity index (χ1n) is 5.40. The number of benzene rings is 1. The highest BCUT2D eigenvalue weighted by molar-refractivity contribution is 9.10. The quantitative estimate of drug-likeness (QED) is 0.888. The van der Waals surface area contributed by atoms with E-state index < -0.39 is 0 Å².